The Balaban J connectivity index is 2.48. The zero-order valence-electron chi connectivity index (χ0n) is 10.4. The molecule has 1 saturated heterocycles. The molecule has 3 nitrogen and oxygen atoms in total. The van der Waals surface area contributed by atoms with Crippen LogP contribution < -0.4 is 10.2 Å². The Morgan fingerprint density at radius 2 is 1.94 bits per heavy atom. The SMILES string of the molecule is CC1(C)CNCCN1c1c(F)cc(C#N)cc1F. The highest BCUT2D eigenvalue weighted by molar-refractivity contribution is 5.55. The van der Waals surface area contributed by atoms with Gasteiger partial charge in [0.2, 0.25) is 0 Å². The van der Waals surface area contributed by atoms with Gasteiger partial charge in [0.1, 0.15) is 5.69 Å². The summed E-state index contributed by atoms with van der Waals surface area (Å²) in [5.74, 6) is -1.36. The van der Waals surface area contributed by atoms with Crippen molar-refractivity contribution in [3.63, 3.8) is 0 Å². The summed E-state index contributed by atoms with van der Waals surface area (Å²) < 4.78 is 27.9. The molecular formula is C13H15F2N3. The van der Waals surface area contributed by atoms with Crippen molar-refractivity contribution >= 4 is 5.69 Å². The number of nitriles is 1. The number of hydrogen-bond donors (Lipinski definition) is 1. The van der Waals surface area contributed by atoms with E-state index < -0.39 is 11.6 Å². The highest BCUT2D eigenvalue weighted by atomic mass is 19.1. The van der Waals surface area contributed by atoms with E-state index in [-0.39, 0.29) is 16.8 Å². The maximum Gasteiger partial charge on any atom is 0.150 e. The second-order valence-corrected chi connectivity index (χ2v) is 5.04. The van der Waals surface area contributed by atoms with Crippen molar-refractivity contribution in [1.29, 1.82) is 5.26 Å². The molecule has 0 unspecified atom stereocenters. The summed E-state index contributed by atoms with van der Waals surface area (Å²) in [6.45, 7) is 5.73. The van der Waals surface area contributed by atoms with Gasteiger partial charge in [-0.05, 0) is 26.0 Å². The molecule has 0 atom stereocenters. The molecule has 1 aliphatic rings. The predicted octanol–water partition coefficient (Wildman–Crippen LogP) is 2.02. The Hall–Kier alpha value is -1.67. The van der Waals surface area contributed by atoms with E-state index in [1.165, 1.54) is 0 Å². The number of piperazine rings is 1. The number of nitrogens with one attached hydrogen (secondary N) is 1. The van der Waals surface area contributed by atoms with Gasteiger partial charge in [-0.2, -0.15) is 5.26 Å². The van der Waals surface area contributed by atoms with E-state index in [1.807, 2.05) is 13.8 Å². The average molecular weight is 251 g/mol. The molecule has 0 spiro atoms. The minimum absolute atomic E-state index is 0.00157. The Kier molecular flexibility index (Phi) is 3.22. The molecule has 96 valence electrons. The lowest BCUT2D eigenvalue weighted by Crippen LogP contribution is -2.58. The summed E-state index contributed by atoms with van der Waals surface area (Å²) in [4.78, 5) is 1.72. The smallest absolute Gasteiger partial charge is 0.150 e. The summed E-state index contributed by atoms with van der Waals surface area (Å²) >= 11 is 0. The Labute approximate surface area is 105 Å². The summed E-state index contributed by atoms with van der Waals surface area (Å²) in [5, 5.41) is 11.9. The summed E-state index contributed by atoms with van der Waals surface area (Å²) in [7, 11) is 0. The van der Waals surface area contributed by atoms with E-state index in [1.54, 1.807) is 11.0 Å². The Bertz CT molecular complexity index is 482. The maximum atomic E-state index is 14.0. The van der Waals surface area contributed by atoms with Crippen LogP contribution in [-0.4, -0.2) is 25.2 Å². The lowest BCUT2D eigenvalue weighted by molar-refractivity contribution is 0.370. The zero-order valence-corrected chi connectivity index (χ0v) is 10.4. The van der Waals surface area contributed by atoms with Crippen LogP contribution in [0.4, 0.5) is 14.5 Å². The first kappa shape index (κ1) is 12.8. The van der Waals surface area contributed by atoms with E-state index in [0.717, 1.165) is 12.1 Å². The molecule has 0 aliphatic carbocycles. The van der Waals surface area contributed by atoms with E-state index in [0.29, 0.717) is 19.6 Å². The first-order valence-electron chi connectivity index (χ1n) is 5.83. The Morgan fingerprint density at radius 1 is 1.33 bits per heavy atom. The molecule has 0 amide bonds. The largest absolute Gasteiger partial charge is 0.359 e. The fraction of sp³-hybridized carbons (Fsp3) is 0.462. The van der Waals surface area contributed by atoms with E-state index in [4.69, 9.17) is 5.26 Å². The van der Waals surface area contributed by atoms with E-state index in [9.17, 15) is 8.78 Å². The molecule has 1 aromatic rings. The monoisotopic (exact) mass is 251 g/mol. The molecule has 5 heteroatoms. The number of benzene rings is 1. The molecule has 1 N–H and O–H groups in total. The highest BCUT2D eigenvalue weighted by Crippen LogP contribution is 2.31. The molecule has 18 heavy (non-hydrogen) atoms. The fourth-order valence-electron chi connectivity index (χ4n) is 2.29. The van der Waals surface area contributed by atoms with E-state index >= 15 is 0 Å². The van der Waals surface area contributed by atoms with Crippen LogP contribution in [0.1, 0.15) is 19.4 Å². The molecule has 1 heterocycles. The number of hydrogen-bond acceptors (Lipinski definition) is 3. The predicted molar refractivity (Wildman–Crippen MR) is 65.4 cm³/mol. The third-order valence-electron chi connectivity index (χ3n) is 3.22. The Morgan fingerprint density at radius 3 is 2.44 bits per heavy atom. The third kappa shape index (κ3) is 2.16. The van der Waals surface area contributed by atoms with Crippen molar-refractivity contribution in [1.82, 2.24) is 5.32 Å². The van der Waals surface area contributed by atoms with Crippen molar-refractivity contribution < 1.29 is 8.78 Å². The van der Waals surface area contributed by atoms with Gasteiger partial charge in [0, 0.05) is 25.2 Å². The van der Waals surface area contributed by atoms with Crippen LogP contribution in [0, 0.1) is 23.0 Å². The lowest BCUT2D eigenvalue weighted by atomic mass is 9.98. The van der Waals surface area contributed by atoms with Gasteiger partial charge in [-0.3, -0.25) is 0 Å². The third-order valence-corrected chi connectivity index (χ3v) is 3.22. The van der Waals surface area contributed by atoms with Crippen LogP contribution in [0.2, 0.25) is 0 Å². The second kappa shape index (κ2) is 4.54. The van der Waals surface area contributed by atoms with Crippen LogP contribution in [0.3, 0.4) is 0 Å². The summed E-state index contributed by atoms with van der Waals surface area (Å²) in [5.41, 5.74) is -0.407. The second-order valence-electron chi connectivity index (χ2n) is 5.04. The molecule has 0 bridgehead atoms. The first-order chi connectivity index (χ1) is 8.45. The highest BCUT2D eigenvalue weighted by Gasteiger charge is 2.33. The summed E-state index contributed by atoms with van der Waals surface area (Å²) in [6.07, 6.45) is 0. The summed E-state index contributed by atoms with van der Waals surface area (Å²) in [6, 6.07) is 3.91. The normalized spacial score (nSPS) is 18.5. The molecule has 1 aliphatic heterocycles. The van der Waals surface area contributed by atoms with E-state index in [2.05, 4.69) is 5.32 Å². The zero-order chi connectivity index (χ0) is 13.3. The molecule has 0 radical (unpaired) electrons. The number of rotatable bonds is 1. The van der Waals surface area contributed by atoms with Gasteiger partial charge in [0.25, 0.3) is 0 Å². The minimum atomic E-state index is -0.679. The molecular weight excluding hydrogens is 236 g/mol. The standard InChI is InChI=1S/C13H15F2N3/c1-13(2)8-17-3-4-18(13)12-10(14)5-9(7-16)6-11(12)15/h5-6,17H,3-4,8H2,1-2H3. The van der Waals surface area contributed by atoms with Gasteiger partial charge in [-0.15, -0.1) is 0 Å². The van der Waals surface area contributed by atoms with Gasteiger partial charge in [-0.1, -0.05) is 0 Å². The van der Waals surface area contributed by atoms with Crippen LogP contribution in [0.25, 0.3) is 0 Å². The van der Waals surface area contributed by atoms with Crippen molar-refractivity contribution in [2.75, 3.05) is 24.5 Å². The quantitative estimate of drug-likeness (QED) is 0.830. The van der Waals surface area contributed by atoms with Crippen molar-refractivity contribution in [2.45, 2.75) is 19.4 Å². The van der Waals surface area contributed by atoms with Crippen molar-refractivity contribution in [2.24, 2.45) is 0 Å². The van der Waals surface area contributed by atoms with Crippen LogP contribution in [-0.2, 0) is 0 Å². The molecule has 0 saturated carbocycles. The van der Waals surface area contributed by atoms with Crippen LogP contribution in [0.15, 0.2) is 12.1 Å². The van der Waals surface area contributed by atoms with Gasteiger partial charge in [0.15, 0.2) is 11.6 Å². The van der Waals surface area contributed by atoms with Gasteiger partial charge < -0.3 is 10.2 Å². The van der Waals surface area contributed by atoms with Gasteiger partial charge in [-0.25, -0.2) is 8.78 Å². The molecule has 1 aromatic carbocycles. The van der Waals surface area contributed by atoms with Crippen molar-refractivity contribution in [3.05, 3.63) is 29.3 Å². The van der Waals surface area contributed by atoms with Crippen molar-refractivity contribution in [3.8, 4) is 6.07 Å². The maximum absolute atomic E-state index is 14.0. The first-order valence-corrected chi connectivity index (χ1v) is 5.83. The topological polar surface area (TPSA) is 39.1 Å². The number of halogens is 2. The minimum Gasteiger partial charge on any atom is -0.359 e. The fourth-order valence-corrected chi connectivity index (χ4v) is 2.29. The van der Waals surface area contributed by atoms with Crippen LogP contribution in [0.5, 0.6) is 0 Å². The van der Waals surface area contributed by atoms with Gasteiger partial charge in [0.05, 0.1) is 11.6 Å². The lowest BCUT2D eigenvalue weighted by Gasteiger charge is -2.44. The average Bonchev–Trinajstić information content (AvgIpc) is 2.29. The van der Waals surface area contributed by atoms with Crippen LogP contribution >= 0.6 is 0 Å². The molecule has 2 rings (SSSR count). The van der Waals surface area contributed by atoms with Gasteiger partial charge >= 0.3 is 0 Å². The number of nitrogens with zero attached hydrogens (tertiary/aromatic N) is 2. The molecule has 1 fully saturated rings. The number of anilines is 1. The molecule has 0 aromatic heterocycles.